The normalized spacial score (nSPS) is 18.9. The van der Waals surface area contributed by atoms with Crippen molar-refractivity contribution in [2.24, 2.45) is 5.92 Å². The van der Waals surface area contributed by atoms with E-state index in [1.54, 1.807) is 0 Å². The molecule has 1 aromatic heterocycles. The predicted molar refractivity (Wildman–Crippen MR) is 84.1 cm³/mol. The lowest BCUT2D eigenvalue weighted by Crippen LogP contribution is -2.27. The van der Waals surface area contributed by atoms with Crippen LogP contribution in [0.4, 0.5) is 8.78 Å². The van der Waals surface area contributed by atoms with E-state index in [1.807, 2.05) is 18.2 Å². The molecule has 0 atom stereocenters. The summed E-state index contributed by atoms with van der Waals surface area (Å²) in [4.78, 5) is 4.73. The van der Waals surface area contributed by atoms with E-state index in [9.17, 15) is 8.78 Å². The van der Waals surface area contributed by atoms with Crippen LogP contribution in [-0.4, -0.2) is 15.5 Å². The number of aromatic nitrogens is 2. The summed E-state index contributed by atoms with van der Waals surface area (Å²) >= 11 is 0. The van der Waals surface area contributed by atoms with Crippen molar-refractivity contribution in [3.8, 4) is 0 Å². The summed E-state index contributed by atoms with van der Waals surface area (Å²) in [5.74, 6) is -1.02. The highest BCUT2D eigenvalue weighted by molar-refractivity contribution is 5.75. The Morgan fingerprint density at radius 3 is 2.86 bits per heavy atom. The maximum atomic E-state index is 13.3. The number of unbranched alkanes of at least 4 members (excludes halogenated alkanes) is 1. The van der Waals surface area contributed by atoms with Crippen molar-refractivity contribution in [2.75, 3.05) is 0 Å². The molecule has 1 saturated carbocycles. The Bertz CT molecular complexity index is 623. The van der Waals surface area contributed by atoms with Crippen LogP contribution < -0.4 is 0 Å². The Morgan fingerprint density at radius 1 is 1.36 bits per heavy atom. The summed E-state index contributed by atoms with van der Waals surface area (Å²) in [6.45, 7) is 2.99. The summed E-state index contributed by atoms with van der Waals surface area (Å²) in [7, 11) is 0. The average Bonchev–Trinajstić information content (AvgIpc) is 2.85. The lowest BCUT2D eigenvalue weighted by Gasteiger charge is -2.29. The summed E-state index contributed by atoms with van der Waals surface area (Å²) in [6.07, 6.45) is 4.47. The van der Waals surface area contributed by atoms with Gasteiger partial charge in [0.15, 0.2) is 0 Å². The fraction of sp³-hybridized carbons (Fsp3) is 0.611. The van der Waals surface area contributed by atoms with Gasteiger partial charge in [-0.25, -0.2) is 13.8 Å². The summed E-state index contributed by atoms with van der Waals surface area (Å²) in [5.41, 5.74) is 2.08. The largest absolute Gasteiger partial charge is 0.328 e. The number of alkyl halides is 2. The van der Waals surface area contributed by atoms with Crippen LogP contribution in [0.2, 0.25) is 0 Å². The maximum absolute atomic E-state index is 13.3. The number of hydrogen-bond donors (Lipinski definition) is 0. The second-order valence-corrected chi connectivity index (χ2v) is 6.46. The van der Waals surface area contributed by atoms with Crippen LogP contribution in [0, 0.1) is 12.0 Å². The van der Waals surface area contributed by atoms with Crippen molar-refractivity contribution in [2.45, 2.75) is 64.3 Å². The third-order valence-corrected chi connectivity index (χ3v) is 4.70. The highest BCUT2D eigenvalue weighted by atomic mass is 19.3. The lowest BCUT2D eigenvalue weighted by molar-refractivity contribution is -0.0472. The van der Waals surface area contributed by atoms with E-state index in [0.29, 0.717) is 18.8 Å². The first kappa shape index (κ1) is 15.4. The Balaban J connectivity index is 1.82. The van der Waals surface area contributed by atoms with Gasteiger partial charge in [0.25, 0.3) is 0 Å². The molecule has 4 heteroatoms. The molecule has 1 radical (unpaired) electrons. The van der Waals surface area contributed by atoms with E-state index >= 15 is 0 Å². The van der Waals surface area contributed by atoms with E-state index in [2.05, 4.69) is 17.6 Å². The molecule has 0 amide bonds. The molecule has 3 rings (SSSR count). The van der Waals surface area contributed by atoms with Crippen molar-refractivity contribution < 1.29 is 8.78 Å². The molecule has 0 bridgehead atoms. The van der Waals surface area contributed by atoms with Crippen LogP contribution in [0.1, 0.15) is 51.3 Å². The molecule has 0 aliphatic heterocycles. The van der Waals surface area contributed by atoms with Crippen LogP contribution >= 0.6 is 0 Å². The van der Waals surface area contributed by atoms with Gasteiger partial charge >= 0.3 is 0 Å². The summed E-state index contributed by atoms with van der Waals surface area (Å²) in [6, 6.07) is 8.92. The van der Waals surface area contributed by atoms with E-state index in [4.69, 9.17) is 4.98 Å². The van der Waals surface area contributed by atoms with E-state index in [1.165, 1.54) is 0 Å². The van der Waals surface area contributed by atoms with Gasteiger partial charge in [-0.3, -0.25) is 0 Å². The van der Waals surface area contributed by atoms with Crippen molar-refractivity contribution in [3.05, 3.63) is 30.1 Å². The molecule has 0 N–H and O–H groups in total. The van der Waals surface area contributed by atoms with Crippen LogP contribution in [0.15, 0.2) is 18.2 Å². The minimum Gasteiger partial charge on any atom is -0.328 e. The van der Waals surface area contributed by atoms with Crippen LogP contribution in [-0.2, 0) is 13.0 Å². The second-order valence-electron chi connectivity index (χ2n) is 6.46. The Hall–Kier alpha value is -1.45. The third kappa shape index (κ3) is 3.31. The molecule has 1 heterocycles. The van der Waals surface area contributed by atoms with Crippen LogP contribution in [0.3, 0.4) is 0 Å². The molecule has 2 aromatic rings. The van der Waals surface area contributed by atoms with Gasteiger partial charge in [0.1, 0.15) is 5.82 Å². The zero-order valence-corrected chi connectivity index (χ0v) is 13.1. The molecule has 1 aliphatic carbocycles. The summed E-state index contributed by atoms with van der Waals surface area (Å²) < 4.78 is 28.9. The topological polar surface area (TPSA) is 17.8 Å². The molecule has 0 unspecified atom stereocenters. The predicted octanol–water partition coefficient (Wildman–Crippen LogP) is 5.00. The number of benzene rings is 1. The Kier molecular flexibility index (Phi) is 4.46. The van der Waals surface area contributed by atoms with E-state index < -0.39 is 5.92 Å². The van der Waals surface area contributed by atoms with Gasteiger partial charge in [-0.2, -0.15) is 0 Å². The highest BCUT2D eigenvalue weighted by Gasteiger charge is 2.35. The first-order valence-corrected chi connectivity index (χ1v) is 8.32. The fourth-order valence-electron chi connectivity index (χ4n) is 3.34. The third-order valence-electron chi connectivity index (χ3n) is 4.70. The summed E-state index contributed by atoms with van der Waals surface area (Å²) in [5, 5.41) is 0. The SMILES string of the molecule is CCCCc1nc2c[c]ccc2n1CC1CCC(F)(F)CC1. The highest BCUT2D eigenvalue weighted by Crippen LogP contribution is 2.37. The van der Waals surface area contributed by atoms with E-state index in [0.717, 1.165) is 42.7 Å². The van der Waals surface area contributed by atoms with Gasteiger partial charge in [-0.15, -0.1) is 0 Å². The Morgan fingerprint density at radius 2 is 2.14 bits per heavy atom. The maximum Gasteiger partial charge on any atom is 0.248 e. The minimum atomic E-state index is -2.45. The molecule has 0 saturated heterocycles. The average molecular weight is 305 g/mol. The molecule has 1 aliphatic rings. The molecule has 22 heavy (non-hydrogen) atoms. The number of rotatable bonds is 5. The first-order chi connectivity index (χ1) is 10.6. The number of nitrogens with zero attached hydrogens (tertiary/aromatic N) is 2. The van der Waals surface area contributed by atoms with Gasteiger partial charge in [-0.1, -0.05) is 19.4 Å². The number of halogens is 2. The lowest BCUT2D eigenvalue weighted by atomic mass is 9.86. The Labute approximate surface area is 130 Å². The van der Waals surface area contributed by atoms with Crippen molar-refractivity contribution in [1.29, 1.82) is 0 Å². The van der Waals surface area contributed by atoms with E-state index in [-0.39, 0.29) is 12.8 Å². The van der Waals surface area contributed by atoms with Gasteiger partial charge in [0.2, 0.25) is 5.92 Å². The zero-order valence-electron chi connectivity index (χ0n) is 13.1. The van der Waals surface area contributed by atoms with Gasteiger partial charge in [0, 0.05) is 25.8 Å². The van der Waals surface area contributed by atoms with Crippen molar-refractivity contribution >= 4 is 11.0 Å². The molecule has 119 valence electrons. The monoisotopic (exact) mass is 305 g/mol. The second kappa shape index (κ2) is 6.35. The smallest absolute Gasteiger partial charge is 0.248 e. The molecular formula is C18H23F2N2. The number of aryl methyl sites for hydroxylation is 1. The van der Waals surface area contributed by atoms with Crippen molar-refractivity contribution in [1.82, 2.24) is 9.55 Å². The number of fused-ring (bicyclic) bond motifs is 1. The standard InChI is InChI=1S/C18H23F2N2/c1-2-3-8-17-21-15-6-4-5-7-16(15)22(17)13-14-9-11-18(19,20)12-10-14/h5-7,14H,2-3,8-13H2,1H3. The fourth-order valence-corrected chi connectivity index (χ4v) is 3.34. The molecule has 0 spiro atoms. The van der Waals surface area contributed by atoms with Crippen LogP contribution in [0.5, 0.6) is 0 Å². The zero-order chi connectivity index (χ0) is 15.6. The molecule has 1 fully saturated rings. The van der Waals surface area contributed by atoms with Gasteiger partial charge < -0.3 is 4.57 Å². The number of hydrogen-bond acceptors (Lipinski definition) is 1. The minimum absolute atomic E-state index is 0.0301. The first-order valence-electron chi connectivity index (χ1n) is 8.32. The van der Waals surface area contributed by atoms with Gasteiger partial charge in [0.05, 0.1) is 11.0 Å². The molecule has 2 nitrogen and oxygen atoms in total. The quantitative estimate of drug-likeness (QED) is 0.759. The molecular weight excluding hydrogens is 282 g/mol. The van der Waals surface area contributed by atoms with Crippen molar-refractivity contribution in [3.63, 3.8) is 0 Å². The van der Waals surface area contributed by atoms with Gasteiger partial charge in [-0.05, 0) is 43.4 Å². The molecule has 1 aromatic carbocycles. The number of imidazole rings is 1. The van der Waals surface area contributed by atoms with Crippen LogP contribution in [0.25, 0.3) is 11.0 Å².